The molecule has 1 aromatic carbocycles. The quantitative estimate of drug-likeness (QED) is 0.487. The standard InChI is InChI=1S/C16H18BrNO5/c1-9-5-11(18(20)14(17)6-9)15(19)10-7-12(21-2)16(23-4)13(8-10)22-3/h5-8,15,19H,1-4H3. The summed E-state index contributed by atoms with van der Waals surface area (Å²) in [5.74, 6) is 1.24. The first kappa shape index (κ1) is 17.4. The van der Waals surface area contributed by atoms with Crippen LogP contribution in [0.4, 0.5) is 0 Å². The van der Waals surface area contributed by atoms with Crippen LogP contribution in [-0.2, 0) is 0 Å². The summed E-state index contributed by atoms with van der Waals surface area (Å²) in [6, 6.07) is 6.54. The van der Waals surface area contributed by atoms with Crippen LogP contribution in [0.2, 0.25) is 0 Å². The molecule has 7 heteroatoms. The fourth-order valence-electron chi connectivity index (χ4n) is 2.32. The van der Waals surface area contributed by atoms with Crippen LogP contribution < -0.4 is 18.9 Å². The number of aliphatic hydroxyl groups is 1. The fraction of sp³-hybridized carbons (Fsp3) is 0.312. The van der Waals surface area contributed by atoms with Crippen molar-refractivity contribution in [3.05, 3.63) is 50.9 Å². The molecule has 1 aromatic heterocycles. The SMILES string of the molecule is COc1cc(C(O)c2cc(C)cc(Br)[n+]2[O-])cc(OC)c1OC. The Morgan fingerprint density at radius 2 is 1.61 bits per heavy atom. The first-order valence-corrected chi connectivity index (χ1v) is 7.59. The van der Waals surface area contributed by atoms with Crippen molar-refractivity contribution < 1.29 is 24.0 Å². The van der Waals surface area contributed by atoms with E-state index >= 15 is 0 Å². The van der Waals surface area contributed by atoms with Gasteiger partial charge in [-0.3, -0.25) is 0 Å². The monoisotopic (exact) mass is 383 g/mol. The summed E-state index contributed by atoms with van der Waals surface area (Å²) in [4.78, 5) is 0. The Morgan fingerprint density at radius 1 is 1.04 bits per heavy atom. The molecule has 124 valence electrons. The number of ether oxygens (including phenoxy) is 3. The fourth-order valence-corrected chi connectivity index (χ4v) is 2.89. The molecule has 1 N–H and O–H groups in total. The Hall–Kier alpha value is -1.99. The van der Waals surface area contributed by atoms with Crippen molar-refractivity contribution in [3.8, 4) is 17.2 Å². The Kier molecular flexibility index (Phi) is 5.33. The van der Waals surface area contributed by atoms with E-state index < -0.39 is 6.10 Å². The number of benzene rings is 1. The number of hydrogen-bond acceptors (Lipinski definition) is 5. The minimum Gasteiger partial charge on any atom is -0.618 e. The van der Waals surface area contributed by atoms with E-state index in [-0.39, 0.29) is 5.69 Å². The van der Waals surface area contributed by atoms with Crippen LogP contribution in [0.25, 0.3) is 0 Å². The van der Waals surface area contributed by atoms with Gasteiger partial charge in [-0.1, -0.05) is 0 Å². The van der Waals surface area contributed by atoms with Crippen molar-refractivity contribution in [2.24, 2.45) is 0 Å². The van der Waals surface area contributed by atoms with Crippen molar-refractivity contribution in [1.82, 2.24) is 0 Å². The number of aliphatic hydroxyl groups excluding tert-OH is 1. The van der Waals surface area contributed by atoms with E-state index in [9.17, 15) is 10.3 Å². The van der Waals surface area contributed by atoms with Crippen molar-refractivity contribution >= 4 is 15.9 Å². The maximum Gasteiger partial charge on any atom is 0.259 e. The molecule has 0 aliphatic rings. The number of halogens is 1. The summed E-state index contributed by atoms with van der Waals surface area (Å²) in [5.41, 5.74) is 1.51. The summed E-state index contributed by atoms with van der Waals surface area (Å²) < 4.78 is 16.8. The van der Waals surface area contributed by atoms with E-state index in [1.807, 2.05) is 6.92 Å². The summed E-state index contributed by atoms with van der Waals surface area (Å²) in [6.45, 7) is 1.84. The van der Waals surface area contributed by atoms with Gasteiger partial charge < -0.3 is 24.5 Å². The number of aromatic nitrogens is 1. The highest BCUT2D eigenvalue weighted by Gasteiger charge is 2.25. The van der Waals surface area contributed by atoms with Crippen molar-refractivity contribution in [3.63, 3.8) is 0 Å². The van der Waals surface area contributed by atoms with Gasteiger partial charge in [0.15, 0.2) is 17.6 Å². The van der Waals surface area contributed by atoms with Crippen LogP contribution in [0.5, 0.6) is 17.2 Å². The molecular weight excluding hydrogens is 366 g/mol. The van der Waals surface area contributed by atoms with E-state index in [4.69, 9.17) is 14.2 Å². The first-order chi connectivity index (χ1) is 10.9. The lowest BCUT2D eigenvalue weighted by atomic mass is 10.0. The highest BCUT2D eigenvalue weighted by atomic mass is 79.9. The molecular formula is C16H18BrNO5. The number of nitrogens with zero attached hydrogens (tertiary/aromatic N) is 1. The Bertz CT molecular complexity index is 695. The molecule has 0 aliphatic heterocycles. The summed E-state index contributed by atoms with van der Waals surface area (Å²) in [5, 5.41) is 22.8. The van der Waals surface area contributed by atoms with Gasteiger partial charge in [0.25, 0.3) is 4.60 Å². The molecule has 23 heavy (non-hydrogen) atoms. The van der Waals surface area contributed by atoms with Crippen LogP contribution in [0.1, 0.15) is 22.9 Å². The second-order valence-electron chi connectivity index (χ2n) is 4.94. The zero-order valence-electron chi connectivity index (χ0n) is 13.3. The smallest absolute Gasteiger partial charge is 0.259 e. The average molecular weight is 384 g/mol. The third-order valence-corrected chi connectivity index (χ3v) is 3.98. The molecule has 2 aromatic rings. The Morgan fingerprint density at radius 3 is 2.09 bits per heavy atom. The van der Waals surface area contributed by atoms with Gasteiger partial charge in [0.2, 0.25) is 11.4 Å². The second-order valence-corrected chi connectivity index (χ2v) is 5.75. The van der Waals surface area contributed by atoms with Crippen molar-refractivity contribution in [1.29, 1.82) is 0 Å². The molecule has 0 radical (unpaired) electrons. The van der Waals surface area contributed by atoms with Crippen LogP contribution >= 0.6 is 15.9 Å². The molecule has 0 amide bonds. The average Bonchev–Trinajstić information content (AvgIpc) is 2.55. The van der Waals surface area contributed by atoms with Gasteiger partial charge in [-0.2, -0.15) is 4.73 Å². The maximum atomic E-state index is 12.2. The van der Waals surface area contributed by atoms with Gasteiger partial charge in [0, 0.05) is 28.1 Å². The van der Waals surface area contributed by atoms with E-state index in [1.165, 1.54) is 21.3 Å². The number of rotatable bonds is 5. The second kappa shape index (κ2) is 7.06. The molecule has 1 atom stereocenters. The normalized spacial score (nSPS) is 11.9. The van der Waals surface area contributed by atoms with Crippen LogP contribution in [0.3, 0.4) is 0 Å². The molecule has 2 rings (SSSR count). The molecule has 1 unspecified atom stereocenters. The van der Waals surface area contributed by atoms with Crippen LogP contribution in [0.15, 0.2) is 28.9 Å². The Balaban J connectivity index is 2.58. The zero-order chi connectivity index (χ0) is 17.1. The van der Waals surface area contributed by atoms with Crippen LogP contribution in [0, 0.1) is 12.1 Å². The predicted molar refractivity (Wildman–Crippen MR) is 88.0 cm³/mol. The minimum atomic E-state index is -1.14. The third kappa shape index (κ3) is 3.35. The topological polar surface area (TPSA) is 74.9 Å². The third-order valence-electron chi connectivity index (χ3n) is 3.43. The minimum absolute atomic E-state index is 0.200. The largest absolute Gasteiger partial charge is 0.618 e. The summed E-state index contributed by atoms with van der Waals surface area (Å²) in [6.07, 6.45) is -1.14. The number of aryl methyl sites for hydroxylation is 1. The van der Waals surface area contributed by atoms with Gasteiger partial charge in [-0.15, -0.1) is 0 Å². The highest BCUT2D eigenvalue weighted by molar-refractivity contribution is 9.10. The molecule has 0 spiro atoms. The van der Waals surface area contributed by atoms with E-state index in [2.05, 4.69) is 15.9 Å². The molecule has 0 saturated carbocycles. The number of hydrogen-bond donors (Lipinski definition) is 1. The summed E-state index contributed by atoms with van der Waals surface area (Å²) in [7, 11) is 4.48. The molecule has 0 fully saturated rings. The molecule has 0 aliphatic carbocycles. The van der Waals surface area contributed by atoms with E-state index in [0.29, 0.717) is 32.1 Å². The van der Waals surface area contributed by atoms with E-state index in [1.54, 1.807) is 24.3 Å². The van der Waals surface area contributed by atoms with Gasteiger partial charge in [-0.05, 0) is 30.2 Å². The van der Waals surface area contributed by atoms with Crippen molar-refractivity contribution in [2.45, 2.75) is 13.0 Å². The lowest BCUT2D eigenvalue weighted by molar-refractivity contribution is -0.629. The maximum absolute atomic E-state index is 12.2. The van der Waals surface area contributed by atoms with Gasteiger partial charge in [0.1, 0.15) is 0 Å². The first-order valence-electron chi connectivity index (χ1n) is 6.80. The predicted octanol–water partition coefficient (Wildman–Crippen LogP) is 2.50. The highest BCUT2D eigenvalue weighted by Crippen LogP contribution is 2.40. The van der Waals surface area contributed by atoms with Gasteiger partial charge >= 0.3 is 0 Å². The molecule has 6 nitrogen and oxygen atoms in total. The molecule has 0 saturated heterocycles. The lowest BCUT2D eigenvalue weighted by Gasteiger charge is -2.17. The molecule has 0 bridgehead atoms. The summed E-state index contributed by atoms with van der Waals surface area (Å²) >= 11 is 3.19. The lowest BCUT2D eigenvalue weighted by Crippen LogP contribution is -2.35. The molecule has 1 heterocycles. The van der Waals surface area contributed by atoms with E-state index in [0.717, 1.165) is 5.56 Å². The van der Waals surface area contributed by atoms with Crippen LogP contribution in [-0.4, -0.2) is 26.4 Å². The van der Waals surface area contributed by atoms with Gasteiger partial charge in [-0.25, -0.2) is 0 Å². The van der Waals surface area contributed by atoms with Gasteiger partial charge in [0.05, 0.1) is 21.3 Å². The van der Waals surface area contributed by atoms with Crippen molar-refractivity contribution in [2.75, 3.05) is 21.3 Å². The number of pyridine rings is 1. The Labute approximate surface area is 142 Å². The zero-order valence-corrected chi connectivity index (χ0v) is 14.9. The number of methoxy groups -OCH3 is 3.